The summed E-state index contributed by atoms with van der Waals surface area (Å²) in [6, 6.07) is 6.33. The molecule has 0 spiro atoms. The monoisotopic (exact) mass is 311 g/mol. The molecule has 1 aromatic carbocycles. The molecule has 22 heavy (non-hydrogen) atoms. The van der Waals surface area contributed by atoms with Gasteiger partial charge >= 0.3 is 0 Å². The van der Waals surface area contributed by atoms with Crippen molar-refractivity contribution in [1.82, 2.24) is 24.1 Å². The summed E-state index contributed by atoms with van der Waals surface area (Å²) in [6.07, 6.45) is 7.31. The minimum absolute atomic E-state index is 0.754. The fourth-order valence-corrected chi connectivity index (χ4v) is 2.56. The molecule has 3 aromatic heterocycles. The van der Waals surface area contributed by atoms with Crippen molar-refractivity contribution < 1.29 is 0 Å². The predicted octanol–water partition coefficient (Wildman–Crippen LogP) is 3.27. The topological polar surface area (TPSA) is 48.5 Å². The first-order chi connectivity index (χ1) is 10.7. The van der Waals surface area contributed by atoms with Gasteiger partial charge in [-0.3, -0.25) is 4.98 Å². The van der Waals surface area contributed by atoms with Crippen molar-refractivity contribution in [3.63, 3.8) is 0 Å². The summed E-state index contributed by atoms with van der Waals surface area (Å²) in [6.45, 7) is 2.85. The van der Waals surface area contributed by atoms with Gasteiger partial charge < -0.3 is 9.13 Å². The fourth-order valence-electron chi connectivity index (χ4n) is 2.21. The molecule has 112 valence electrons. The summed E-state index contributed by atoms with van der Waals surface area (Å²) in [5.41, 5.74) is 5.28. The Morgan fingerprint density at radius 1 is 1.18 bits per heavy atom. The van der Waals surface area contributed by atoms with Gasteiger partial charge in [-0.05, 0) is 24.6 Å². The van der Waals surface area contributed by atoms with Gasteiger partial charge in [-0.25, -0.2) is 9.97 Å². The molecule has 0 radical (unpaired) electrons. The molecule has 4 rings (SSSR count). The molecule has 0 bridgehead atoms. The second-order valence-electron chi connectivity index (χ2n) is 4.99. The van der Waals surface area contributed by atoms with Crippen LogP contribution in [0.25, 0.3) is 11.0 Å². The van der Waals surface area contributed by atoms with E-state index in [1.807, 2.05) is 22.5 Å². The van der Waals surface area contributed by atoms with Crippen LogP contribution >= 0.6 is 11.3 Å². The molecule has 0 amide bonds. The van der Waals surface area contributed by atoms with E-state index >= 15 is 0 Å². The van der Waals surface area contributed by atoms with Crippen LogP contribution in [0.5, 0.6) is 0 Å². The largest absolute Gasteiger partial charge is 0.330 e. The lowest BCUT2D eigenvalue weighted by Crippen LogP contribution is -2.04. The summed E-state index contributed by atoms with van der Waals surface area (Å²) in [5.74, 6) is 1.05. The van der Waals surface area contributed by atoms with Gasteiger partial charge in [0.25, 0.3) is 0 Å². The normalized spacial score (nSPS) is 10.5. The molecule has 3 heterocycles. The molecule has 0 aliphatic rings. The highest BCUT2D eigenvalue weighted by Gasteiger charge is 2.07. The van der Waals surface area contributed by atoms with Gasteiger partial charge in [0.05, 0.1) is 29.4 Å². The number of imidazole rings is 2. The highest BCUT2D eigenvalue weighted by Crippen LogP contribution is 2.17. The Morgan fingerprint density at radius 2 is 2.09 bits per heavy atom. The average Bonchev–Trinajstić information content (AvgIpc) is 3.26. The Hall–Kier alpha value is -2.47. The summed E-state index contributed by atoms with van der Waals surface area (Å²) >= 11 is 1.60. The smallest absolute Gasteiger partial charge is 0.129 e. The second-order valence-corrected chi connectivity index (χ2v) is 5.75. The van der Waals surface area contributed by atoms with E-state index in [4.69, 9.17) is 0 Å². The maximum Gasteiger partial charge on any atom is 0.129 e. The van der Waals surface area contributed by atoms with Gasteiger partial charge in [-0.1, -0.05) is 6.07 Å². The lowest BCUT2D eigenvalue weighted by Gasteiger charge is -2.03. The van der Waals surface area contributed by atoms with Crippen LogP contribution in [0, 0.1) is 6.92 Å². The van der Waals surface area contributed by atoms with E-state index in [9.17, 15) is 0 Å². The maximum absolute atomic E-state index is 4.64. The minimum atomic E-state index is 0.754. The fraction of sp³-hybridized carbons (Fsp3) is 0.188. The first-order valence-electron chi connectivity index (χ1n) is 6.94. The van der Waals surface area contributed by atoms with Crippen molar-refractivity contribution in [1.29, 1.82) is 0 Å². The highest BCUT2D eigenvalue weighted by molar-refractivity contribution is 7.07. The molecule has 0 saturated carbocycles. The third-order valence-corrected chi connectivity index (χ3v) is 3.88. The van der Waals surface area contributed by atoms with Gasteiger partial charge in [-0.15, -0.1) is 11.3 Å². The molecule has 4 aromatic rings. The average molecular weight is 311 g/mol. The first-order valence-corrected chi connectivity index (χ1v) is 7.88. The Bertz CT molecular complexity index is 814. The Labute approximate surface area is 132 Å². The SMILES string of the molecule is Cc1ccc2nc(Cn3ccnc3)n(C)c2c1.c1cscn1. The van der Waals surface area contributed by atoms with E-state index in [1.165, 1.54) is 11.1 Å². The minimum Gasteiger partial charge on any atom is -0.330 e. The molecule has 0 aliphatic heterocycles. The van der Waals surface area contributed by atoms with Crippen LogP contribution in [0.2, 0.25) is 0 Å². The molecule has 0 aliphatic carbocycles. The van der Waals surface area contributed by atoms with Crippen LogP contribution in [0.3, 0.4) is 0 Å². The van der Waals surface area contributed by atoms with Crippen LogP contribution in [0.1, 0.15) is 11.4 Å². The predicted molar refractivity (Wildman–Crippen MR) is 88.9 cm³/mol. The Morgan fingerprint density at radius 3 is 2.73 bits per heavy atom. The van der Waals surface area contributed by atoms with E-state index < -0.39 is 0 Å². The van der Waals surface area contributed by atoms with E-state index in [-0.39, 0.29) is 0 Å². The summed E-state index contributed by atoms with van der Waals surface area (Å²) in [7, 11) is 2.06. The zero-order valence-electron chi connectivity index (χ0n) is 12.5. The lowest BCUT2D eigenvalue weighted by atomic mass is 10.2. The van der Waals surface area contributed by atoms with Crippen LogP contribution in [0.15, 0.2) is 54.0 Å². The summed E-state index contributed by atoms with van der Waals surface area (Å²) < 4.78 is 4.16. The number of hydrogen-bond acceptors (Lipinski definition) is 4. The zero-order chi connectivity index (χ0) is 15.4. The van der Waals surface area contributed by atoms with Gasteiger partial charge in [-0.2, -0.15) is 0 Å². The van der Waals surface area contributed by atoms with E-state index in [2.05, 4.69) is 51.7 Å². The molecule has 0 N–H and O–H groups in total. The number of thiazole rings is 1. The standard InChI is InChI=1S/C13H14N4.C3H3NS/c1-10-3-4-11-12(7-10)16(2)13(15-11)8-17-6-5-14-9-17;1-2-5-3-4-1/h3-7,9H,8H2,1-2H3;1-3H. The second kappa shape index (κ2) is 6.53. The maximum atomic E-state index is 4.64. The summed E-state index contributed by atoms with van der Waals surface area (Å²) in [5, 5.41) is 1.93. The molecule has 6 heteroatoms. The van der Waals surface area contributed by atoms with Gasteiger partial charge in [0.2, 0.25) is 0 Å². The number of rotatable bonds is 2. The van der Waals surface area contributed by atoms with Crippen molar-refractivity contribution in [2.45, 2.75) is 13.5 Å². The zero-order valence-corrected chi connectivity index (χ0v) is 13.4. The van der Waals surface area contributed by atoms with Gasteiger partial charge in [0.1, 0.15) is 5.82 Å². The van der Waals surface area contributed by atoms with Crippen LogP contribution < -0.4 is 0 Å². The number of aromatic nitrogens is 5. The quantitative estimate of drug-likeness (QED) is 0.571. The van der Waals surface area contributed by atoms with Gasteiger partial charge in [0, 0.05) is 31.0 Å². The molecule has 0 fully saturated rings. The molecule has 0 unspecified atom stereocenters. The number of aryl methyl sites for hydroxylation is 2. The van der Waals surface area contributed by atoms with Crippen LogP contribution in [0.4, 0.5) is 0 Å². The number of fused-ring (bicyclic) bond motifs is 1. The highest BCUT2D eigenvalue weighted by atomic mass is 32.1. The molecular formula is C16H17N5S. The molecule has 5 nitrogen and oxygen atoms in total. The van der Waals surface area contributed by atoms with Crippen LogP contribution in [-0.4, -0.2) is 24.1 Å². The Kier molecular flexibility index (Phi) is 4.29. The first kappa shape index (κ1) is 14.5. The number of hydrogen-bond donors (Lipinski definition) is 0. The molecular weight excluding hydrogens is 294 g/mol. The lowest BCUT2D eigenvalue weighted by molar-refractivity contribution is 0.707. The number of nitrogens with zero attached hydrogens (tertiary/aromatic N) is 5. The van der Waals surface area contributed by atoms with Gasteiger partial charge in [0.15, 0.2) is 0 Å². The van der Waals surface area contributed by atoms with E-state index in [0.717, 1.165) is 17.9 Å². The van der Waals surface area contributed by atoms with Crippen LogP contribution in [-0.2, 0) is 13.6 Å². The third kappa shape index (κ3) is 3.23. The van der Waals surface area contributed by atoms with E-state index in [1.54, 1.807) is 29.2 Å². The Balaban J connectivity index is 0.000000246. The molecule has 0 atom stereocenters. The van der Waals surface area contributed by atoms with Crippen molar-refractivity contribution in [2.24, 2.45) is 7.05 Å². The summed E-state index contributed by atoms with van der Waals surface area (Å²) in [4.78, 5) is 12.4. The third-order valence-electron chi connectivity index (χ3n) is 3.36. The van der Waals surface area contributed by atoms with Crippen molar-refractivity contribution in [3.8, 4) is 0 Å². The number of benzene rings is 1. The van der Waals surface area contributed by atoms with Crippen molar-refractivity contribution >= 4 is 22.4 Å². The van der Waals surface area contributed by atoms with Crippen molar-refractivity contribution in [2.75, 3.05) is 0 Å². The van der Waals surface area contributed by atoms with E-state index in [0.29, 0.717) is 0 Å². The van der Waals surface area contributed by atoms with Crippen molar-refractivity contribution in [3.05, 3.63) is 65.4 Å². The molecule has 0 saturated heterocycles.